The highest BCUT2D eigenvalue weighted by Gasteiger charge is 2.78. The molecule has 9 nitrogen and oxygen atoms in total. The Labute approximate surface area is 237 Å². The number of carbonyl (C=O) groups excluding carboxylic acids is 3. The topological polar surface area (TPSA) is 99.6 Å². The molecule has 3 saturated heterocycles. The zero-order chi connectivity index (χ0) is 29.1. The standard InChI is InChI=1S/C31H43N3O6/c1-6-10-11-21-39-29(38)25-24-27(36)34(19-20-35)26(31(24)17-16-30(25,5)40-31)28(37)33(18-7-2)23-14-12-22(13-15-23)32(8-3)9-4/h6-7,12-15,24-26,35H,1-2,8-11,16-21H2,3-5H3/t24-,25+,26?,30-,31?/m0/s1. The first-order valence-corrected chi connectivity index (χ1v) is 14.4. The molecule has 5 atom stereocenters. The van der Waals surface area contributed by atoms with Gasteiger partial charge in [-0.2, -0.15) is 0 Å². The molecule has 1 N–H and O–H groups in total. The number of carbonyl (C=O) groups is 3. The van der Waals surface area contributed by atoms with E-state index in [1.807, 2.05) is 31.2 Å². The number of nitrogens with zero attached hydrogens (tertiary/aromatic N) is 3. The van der Waals surface area contributed by atoms with Crippen LogP contribution in [0.5, 0.6) is 0 Å². The minimum absolute atomic E-state index is 0.0303. The predicted octanol–water partition coefficient (Wildman–Crippen LogP) is 3.32. The quantitative estimate of drug-likeness (QED) is 0.214. The second-order valence-corrected chi connectivity index (χ2v) is 11.0. The second-order valence-electron chi connectivity index (χ2n) is 11.0. The zero-order valence-corrected chi connectivity index (χ0v) is 24.0. The number of aliphatic hydroxyl groups is 1. The third-order valence-corrected chi connectivity index (χ3v) is 8.77. The van der Waals surface area contributed by atoms with E-state index in [9.17, 15) is 19.5 Å². The molecule has 1 aromatic carbocycles. The van der Waals surface area contributed by atoms with Crippen LogP contribution in [-0.2, 0) is 23.9 Å². The summed E-state index contributed by atoms with van der Waals surface area (Å²) in [6.45, 7) is 15.4. The molecule has 218 valence electrons. The number of hydrogen-bond acceptors (Lipinski definition) is 7. The fraction of sp³-hybridized carbons (Fsp3) is 0.581. The third kappa shape index (κ3) is 4.94. The van der Waals surface area contributed by atoms with E-state index in [1.54, 1.807) is 17.1 Å². The Kier molecular flexibility index (Phi) is 9.05. The van der Waals surface area contributed by atoms with E-state index in [4.69, 9.17) is 9.47 Å². The van der Waals surface area contributed by atoms with Crippen molar-refractivity contribution in [2.24, 2.45) is 11.8 Å². The highest BCUT2D eigenvalue weighted by Crippen LogP contribution is 2.63. The maximum atomic E-state index is 14.4. The molecule has 40 heavy (non-hydrogen) atoms. The van der Waals surface area contributed by atoms with Crippen molar-refractivity contribution in [3.8, 4) is 0 Å². The van der Waals surface area contributed by atoms with E-state index in [0.717, 1.165) is 18.8 Å². The van der Waals surface area contributed by atoms with Crippen LogP contribution in [0.3, 0.4) is 0 Å². The van der Waals surface area contributed by atoms with Gasteiger partial charge in [-0.1, -0.05) is 12.2 Å². The Morgan fingerprint density at radius 2 is 1.82 bits per heavy atom. The van der Waals surface area contributed by atoms with Gasteiger partial charge in [0.15, 0.2) is 0 Å². The monoisotopic (exact) mass is 553 g/mol. The second kappa shape index (κ2) is 12.1. The number of ether oxygens (including phenoxy) is 2. The van der Waals surface area contributed by atoms with E-state index in [2.05, 4.69) is 31.9 Å². The number of aliphatic hydroxyl groups excluding tert-OH is 1. The molecule has 4 rings (SSSR count). The van der Waals surface area contributed by atoms with Gasteiger partial charge >= 0.3 is 5.97 Å². The summed E-state index contributed by atoms with van der Waals surface area (Å²) in [5, 5.41) is 9.87. The summed E-state index contributed by atoms with van der Waals surface area (Å²) in [7, 11) is 0. The lowest BCUT2D eigenvalue weighted by atomic mass is 9.66. The Bertz CT molecular complexity index is 1120. The summed E-state index contributed by atoms with van der Waals surface area (Å²) in [6, 6.07) is 6.77. The molecule has 1 aromatic rings. The molecular formula is C31H43N3O6. The minimum Gasteiger partial charge on any atom is -0.465 e. The SMILES string of the molecule is C=CCCCOC(=O)[C@H]1[C@H]2C(=O)N(CCO)C(C(=O)N(CC=C)c3ccc(N(CC)CC)cc3)C23CC[C@]1(C)O3. The average molecular weight is 554 g/mol. The first kappa shape index (κ1) is 29.8. The van der Waals surface area contributed by atoms with E-state index in [0.29, 0.717) is 31.4 Å². The Hall–Kier alpha value is -3.17. The lowest BCUT2D eigenvalue weighted by molar-refractivity contribution is -0.159. The number of likely N-dealkylation sites (tertiary alicyclic amines) is 1. The number of β-amino-alcohol motifs (C(OH)–C–C–N with tert-alkyl or cyclic N) is 1. The highest BCUT2D eigenvalue weighted by atomic mass is 16.6. The molecule has 2 unspecified atom stereocenters. The van der Waals surface area contributed by atoms with Gasteiger partial charge in [-0.3, -0.25) is 14.4 Å². The van der Waals surface area contributed by atoms with E-state index < -0.39 is 35.0 Å². The molecule has 0 saturated carbocycles. The molecule has 3 aliphatic heterocycles. The van der Waals surface area contributed by atoms with Crippen molar-refractivity contribution in [1.29, 1.82) is 0 Å². The van der Waals surface area contributed by atoms with E-state index in [1.165, 1.54) is 4.90 Å². The van der Waals surface area contributed by atoms with Gasteiger partial charge in [-0.05, 0) is 70.7 Å². The van der Waals surface area contributed by atoms with Crippen LogP contribution >= 0.6 is 0 Å². The molecule has 3 aliphatic rings. The summed E-state index contributed by atoms with van der Waals surface area (Å²) < 4.78 is 12.2. The van der Waals surface area contributed by atoms with Crippen LogP contribution in [0.1, 0.15) is 46.5 Å². The van der Waals surface area contributed by atoms with Gasteiger partial charge in [-0.15, -0.1) is 13.2 Å². The lowest BCUT2D eigenvalue weighted by Gasteiger charge is -2.36. The number of unbranched alkanes of at least 4 members (excludes halogenated alkanes) is 1. The number of anilines is 2. The summed E-state index contributed by atoms with van der Waals surface area (Å²) in [5.74, 6) is -2.81. The zero-order valence-electron chi connectivity index (χ0n) is 24.0. The van der Waals surface area contributed by atoms with Crippen LogP contribution in [0.4, 0.5) is 11.4 Å². The molecule has 0 radical (unpaired) electrons. The van der Waals surface area contributed by atoms with Crippen molar-refractivity contribution >= 4 is 29.2 Å². The van der Waals surface area contributed by atoms with Crippen molar-refractivity contribution in [2.45, 2.75) is 63.7 Å². The maximum Gasteiger partial charge on any atom is 0.312 e. The van der Waals surface area contributed by atoms with Crippen LogP contribution in [0.2, 0.25) is 0 Å². The van der Waals surface area contributed by atoms with Crippen LogP contribution in [-0.4, -0.2) is 84.4 Å². The first-order chi connectivity index (χ1) is 19.2. The number of hydrogen-bond donors (Lipinski definition) is 1. The van der Waals surface area contributed by atoms with Gasteiger partial charge in [-0.25, -0.2) is 0 Å². The molecular weight excluding hydrogens is 510 g/mol. The number of allylic oxidation sites excluding steroid dienone is 1. The molecule has 3 heterocycles. The van der Waals surface area contributed by atoms with Gasteiger partial charge in [0.1, 0.15) is 17.6 Å². The van der Waals surface area contributed by atoms with Gasteiger partial charge < -0.3 is 29.3 Å². The molecule has 3 fully saturated rings. The number of esters is 1. The predicted molar refractivity (Wildman–Crippen MR) is 154 cm³/mol. The molecule has 1 spiro atoms. The molecule has 0 aromatic heterocycles. The van der Waals surface area contributed by atoms with E-state index in [-0.39, 0.29) is 38.1 Å². The van der Waals surface area contributed by atoms with Crippen molar-refractivity contribution in [3.63, 3.8) is 0 Å². The smallest absolute Gasteiger partial charge is 0.312 e. The minimum atomic E-state index is -1.18. The van der Waals surface area contributed by atoms with Crippen LogP contribution < -0.4 is 9.80 Å². The third-order valence-electron chi connectivity index (χ3n) is 8.77. The van der Waals surface area contributed by atoms with Crippen LogP contribution in [0, 0.1) is 11.8 Å². The highest BCUT2D eigenvalue weighted by molar-refractivity contribution is 6.05. The first-order valence-electron chi connectivity index (χ1n) is 14.4. The van der Waals surface area contributed by atoms with Gasteiger partial charge in [0.25, 0.3) is 5.91 Å². The van der Waals surface area contributed by atoms with Crippen LogP contribution in [0.25, 0.3) is 0 Å². The summed E-state index contributed by atoms with van der Waals surface area (Å²) in [6.07, 6.45) is 5.76. The number of rotatable bonds is 14. The van der Waals surface area contributed by atoms with Crippen molar-refractivity contribution in [3.05, 3.63) is 49.6 Å². The van der Waals surface area contributed by atoms with Crippen molar-refractivity contribution in [1.82, 2.24) is 4.90 Å². The Morgan fingerprint density at radius 1 is 1.15 bits per heavy atom. The number of amides is 2. The summed E-state index contributed by atoms with van der Waals surface area (Å²) in [4.78, 5) is 47.0. The van der Waals surface area contributed by atoms with Crippen molar-refractivity contribution < 1.29 is 29.0 Å². The fourth-order valence-corrected chi connectivity index (χ4v) is 6.93. The molecule has 2 bridgehead atoms. The number of fused-ring (bicyclic) bond motifs is 1. The molecule has 2 amide bonds. The van der Waals surface area contributed by atoms with E-state index >= 15 is 0 Å². The largest absolute Gasteiger partial charge is 0.465 e. The maximum absolute atomic E-state index is 14.4. The van der Waals surface area contributed by atoms with Crippen molar-refractivity contribution in [2.75, 3.05) is 49.2 Å². The van der Waals surface area contributed by atoms with Gasteiger partial charge in [0, 0.05) is 37.6 Å². The summed E-state index contributed by atoms with van der Waals surface area (Å²) in [5.41, 5.74) is -0.358. The van der Waals surface area contributed by atoms with Crippen LogP contribution in [0.15, 0.2) is 49.6 Å². The summed E-state index contributed by atoms with van der Waals surface area (Å²) >= 11 is 0. The average Bonchev–Trinajstić information content (AvgIpc) is 3.51. The fourth-order valence-electron chi connectivity index (χ4n) is 6.93. The number of benzene rings is 1. The Morgan fingerprint density at radius 3 is 2.42 bits per heavy atom. The molecule has 9 heteroatoms. The lowest BCUT2D eigenvalue weighted by Crippen LogP contribution is -2.56. The van der Waals surface area contributed by atoms with Gasteiger partial charge in [0.05, 0.1) is 24.7 Å². The Balaban J connectivity index is 1.68. The van der Waals surface area contributed by atoms with Gasteiger partial charge in [0.2, 0.25) is 5.91 Å². The molecule has 0 aliphatic carbocycles. The normalized spacial score (nSPS) is 28.4.